The first-order valence-electron chi connectivity index (χ1n) is 8.19. The Morgan fingerprint density at radius 1 is 1.32 bits per heavy atom. The molecule has 0 saturated heterocycles. The molecule has 1 fully saturated rings. The van der Waals surface area contributed by atoms with Gasteiger partial charge in [0, 0.05) is 31.7 Å². The van der Waals surface area contributed by atoms with Gasteiger partial charge < -0.3 is 5.32 Å². The van der Waals surface area contributed by atoms with E-state index in [4.69, 9.17) is 0 Å². The molecule has 2 heterocycles. The van der Waals surface area contributed by atoms with Crippen LogP contribution in [-0.2, 0) is 19.8 Å². The van der Waals surface area contributed by atoms with Crippen molar-refractivity contribution in [2.24, 2.45) is 7.05 Å². The van der Waals surface area contributed by atoms with Crippen LogP contribution in [0.2, 0.25) is 0 Å². The maximum atomic E-state index is 12.8. The second kappa shape index (κ2) is 6.53. The van der Waals surface area contributed by atoms with Crippen molar-refractivity contribution in [1.82, 2.24) is 24.9 Å². The van der Waals surface area contributed by atoms with E-state index >= 15 is 0 Å². The maximum absolute atomic E-state index is 12.8. The third-order valence-corrected chi connectivity index (χ3v) is 4.16. The second-order valence-corrected chi connectivity index (χ2v) is 6.35. The number of halogens is 3. The topological polar surface area (TPSA) is 64.7 Å². The Morgan fingerprint density at radius 3 is 2.60 bits per heavy atom. The Kier molecular flexibility index (Phi) is 4.57. The van der Waals surface area contributed by atoms with E-state index in [1.54, 1.807) is 20.0 Å². The molecule has 136 valence electrons. The zero-order valence-electron chi connectivity index (χ0n) is 14.1. The summed E-state index contributed by atoms with van der Waals surface area (Å²) in [6.07, 6.45) is -2.12. The van der Waals surface area contributed by atoms with Crippen LogP contribution in [0.4, 0.5) is 13.2 Å². The first kappa shape index (κ1) is 17.5. The summed E-state index contributed by atoms with van der Waals surface area (Å²) in [5.74, 6) is -0.0717. The summed E-state index contributed by atoms with van der Waals surface area (Å²) < 4.78 is 41.5. The molecule has 0 radical (unpaired) electrons. The molecule has 0 unspecified atom stereocenters. The van der Waals surface area contributed by atoms with Crippen molar-refractivity contribution in [3.8, 4) is 0 Å². The Labute approximate surface area is 143 Å². The highest BCUT2D eigenvalue weighted by molar-refractivity contribution is 5.92. The number of alkyl halides is 3. The molecule has 0 atom stereocenters. The maximum Gasteiger partial charge on any atom is 0.435 e. The van der Waals surface area contributed by atoms with Crippen LogP contribution in [0.15, 0.2) is 12.1 Å². The van der Waals surface area contributed by atoms with Gasteiger partial charge in [-0.1, -0.05) is 0 Å². The van der Waals surface area contributed by atoms with E-state index in [1.807, 2.05) is 0 Å². The number of hydrogen-bond acceptors (Lipinski definition) is 3. The summed E-state index contributed by atoms with van der Waals surface area (Å²) in [5, 5.41) is 10.6. The zero-order valence-corrected chi connectivity index (χ0v) is 14.1. The van der Waals surface area contributed by atoms with Crippen LogP contribution in [0.5, 0.6) is 0 Å². The molecule has 1 saturated carbocycles. The highest BCUT2D eigenvalue weighted by atomic mass is 19.4. The number of carbonyl (C=O) groups is 1. The number of hydrogen-bond donors (Lipinski definition) is 1. The van der Waals surface area contributed by atoms with Crippen LogP contribution in [0, 0.1) is 6.92 Å². The van der Waals surface area contributed by atoms with E-state index in [0.29, 0.717) is 30.9 Å². The van der Waals surface area contributed by atoms with Gasteiger partial charge in [0.25, 0.3) is 5.91 Å². The molecule has 2 aromatic heterocycles. The minimum Gasteiger partial charge on any atom is -0.351 e. The third kappa shape index (κ3) is 4.02. The Hall–Kier alpha value is -2.32. The van der Waals surface area contributed by atoms with Gasteiger partial charge in [-0.2, -0.15) is 23.4 Å². The molecule has 0 aliphatic heterocycles. The van der Waals surface area contributed by atoms with Gasteiger partial charge in [-0.3, -0.25) is 14.2 Å². The molecule has 6 nitrogen and oxygen atoms in total. The summed E-state index contributed by atoms with van der Waals surface area (Å²) in [5.41, 5.74) is 0.997. The van der Waals surface area contributed by atoms with Crippen LogP contribution in [0.3, 0.4) is 0 Å². The largest absolute Gasteiger partial charge is 0.435 e. The standard InChI is InChI=1S/C16H20F3N5O/c1-10-8-13(23(2)21-10)15(25)20-6-3-7-24-12(11-4-5-11)9-14(22-24)16(17,18)19/h8-9,11H,3-7H2,1-2H3,(H,20,25). The molecule has 1 amide bonds. The minimum absolute atomic E-state index is 0.176. The smallest absolute Gasteiger partial charge is 0.351 e. The second-order valence-electron chi connectivity index (χ2n) is 6.35. The fourth-order valence-corrected chi connectivity index (χ4v) is 2.80. The van der Waals surface area contributed by atoms with Gasteiger partial charge in [-0.15, -0.1) is 0 Å². The van der Waals surface area contributed by atoms with Crippen LogP contribution >= 0.6 is 0 Å². The molecule has 1 aliphatic rings. The van der Waals surface area contributed by atoms with Crippen molar-refractivity contribution in [2.45, 2.75) is 44.8 Å². The fraction of sp³-hybridized carbons (Fsp3) is 0.562. The molecule has 0 bridgehead atoms. The van der Waals surface area contributed by atoms with E-state index in [0.717, 1.165) is 24.6 Å². The predicted octanol–water partition coefficient (Wildman–Crippen LogP) is 2.64. The molecule has 0 spiro atoms. The number of nitrogens with one attached hydrogen (secondary N) is 1. The highest BCUT2D eigenvalue weighted by Crippen LogP contribution is 2.42. The summed E-state index contributed by atoms with van der Waals surface area (Å²) in [4.78, 5) is 12.1. The molecule has 1 aliphatic carbocycles. The van der Waals surface area contributed by atoms with Gasteiger partial charge in [-0.25, -0.2) is 0 Å². The number of amides is 1. The van der Waals surface area contributed by atoms with Gasteiger partial charge in [0.2, 0.25) is 0 Å². The molecule has 25 heavy (non-hydrogen) atoms. The van der Waals surface area contributed by atoms with Gasteiger partial charge in [0.1, 0.15) is 5.69 Å². The third-order valence-electron chi connectivity index (χ3n) is 4.16. The lowest BCUT2D eigenvalue weighted by atomic mass is 10.2. The van der Waals surface area contributed by atoms with Crippen LogP contribution in [-0.4, -0.2) is 32.0 Å². The van der Waals surface area contributed by atoms with Gasteiger partial charge >= 0.3 is 6.18 Å². The number of aryl methyl sites for hydroxylation is 3. The lowest BCUT2D eigenvalue weighted by Crippen LogP contribution is -2.27. The van der Waals surface area contributed by atoms with E-state index in [2.05, 4.69) is 15.5 Å². The quantitative estimate of drug-likeness (QED) is 0.810. The summed E-state index contributed by atoms with van der Waals surface area (Å²) in [6, 6.07) is 2.83. The van der Waals surface area contributed by atoms with Crippen molar-refractivity contribution in [3.63, 3.8) is 0 Å². The average Bonchev–Trinajstić information content (AvgIpc) is 3.17. The van der Waals surface area contributed by atoms with Gasteiger partial charge in [0.05, 0.1) is 5.69 Å². The zero-order chi connectivity index (χ0) is 18.2. The molecular weight excluding hydrogens is 335 g/mol. The lowest BCUT2D eigenvalue weighted by molar-refractivity contribution is -0.141. The van der Waals surface area contributed by atoms with Crippen LogP contribution < -0.4 is 5.32 Å². The molecular formula is C16H20F3N5O. The van der Waals surface area contributed by atoms with Crippen molar-refractivity contribution in [2.75, 3.05) is 6.54 Å². The Morgan fingerprint density at radius 2 is 2.04 bits per heavy atom. The normalized spacial score (nSPS) is 14.8. The van der Waals surface area contributed by atoms with Crippen molar-refractivity contribution < 1.29 is 18.0 Å². The predicted molar refractivity (Wildman–Crippen MR) is 84.1 cm³/mol. The average molecular weight is 355 g/mol. The van der Waals surface area contributed by atoms with Crippen molar-refractivity contribution in [1.29, 1.82) is 0 Å². The molecule has 1 N–H and O–H groups in total. The summed E-state index contributed by atoms with van der Waals surface area (Å²) >= 11 is 0. The monoisotopic (exact) mass is 355 g/mol. The highest BCUT2D eigenvalue weighted by Gasteiger charge is 2.37. The summed E-state index contributed by atoms with van der Waals surface area (Å²) in [6.45, 7) is 2.49. The van der Waals surface area contributed by atoms with E-state index in [-0.39, 0.29) is 11.8 Å². The number of carbonyl (C=O) groups excluding carboxylic acids is 1. The van der Waals surface area contributed by atoms with Crippen LogP contribution in [0.25, 0.3) is 0 Å². The Bertz CT molecular complexity index is 773. The van der Waals surface area contributed by atoms with E-state index in [9.17, 15) is 18.0 Å². The fourth-order valence-electron chi connectivity index (χ4n) is 2.80. The number of rotatable bonds is 6. The molecule has 2 aromatic rings. The van der Waals surface area contributed by atoms with E-state index in [1.165, 1.54) is 9.36 Å². The van der Waals surface area contributed by atoms with Crippen molar-refractivity contribution >= 4 is 5.91 Å². The minimum atomic E-state index is -4.43. The SMILES string of the molecule is Cc1cc(C(=O)NCCCn2nc(C(F)(F)F)cc2C2CC2)n(C)n1. The summed E-state index contributed by atoms with van der Waals surface area (Å²) in [7, 11) is 1.69. The number of aromatic nitrogens is 4. The molecule has 3 rings (SSSR count). The number of nitrogens with zero attached hydrogens (tertiary/aromatic N) is 4. The van der Waals surface area contributed by atoms with Gasteiger partial charge in [0.15, 0.2) is 5.69 Å². The van der Waals surface area contributed by atoms with Gasteiger partial charge in [-0.05, 0) is 38.3 Å². The molecule has 0 aromatic carbocycles. The first-order chi connectivity index (χ1) is 11.8. The van der Waals surface area contributed by atoms with E-state index < -0.39 is 11.9 Å². The Balaban J connectivity index is 1.56. The first-order valence-corrected chi connectivity index (χ1v) is 8.19. The van der Waals surface area contributed by atoms with Crippen LogP contribution in [0.1, 0.15) is 52.8 Å². The van der Waals surface area contributed by atoms with Crippen molar-refractivity contribution in [3.05, 3.63) is 34.9 Å². The lowest BCUT2D eigenvalue weighted by Gasteiger charge is -2.08. The molecule has 9 heteroatoms.